The van der Waals surface area contributed by atoms with Gasteiger partial charge in [0.05, 0.1) is 0 Å². The van der Waals surface area contributed by atoms with Crippen LogP contribution < -0.4 is 5.43 Å². The number of rotatable bonds is 2. The van der Waals surface area contributed by atoms with E-state index >= 15 is 0 Å². The minimum atomic E-state index is 0.0750. The monoisotopic (exact) mass is 180 g/mol. The lowest BCUT2D eigenvalue weighted by molar-refractivity contribution is -0.118. The second-order valence-electron chi connectivity index (χ2n) is 3.38. The van der Waals surface area contributed by atoms with Crippen LogP contribution in [0.15, 0.2) is 0 Å². The average Bonchev–Trinajstić information content (AvgIpc) is 2.88. The van der Waals surface area contributed by atoms with Gasteiger partial charge in [-0.2, -0.15) is 0 Å². The van der Waals surface area contributed by atoms with Crippen molar-refractivity contribution < 1.29 is 4.79 Å². The normalized spacial score (nSPS) is 15.8. The lowest BCUT2D eigenvalue weighted by atomic mass is 10.4. The van der Waals surface area contributed by atoms with Gasteiger partial charge in [-0.3, -0.25) is 10.2 Å². The maximum absolute atomic E-state index is 11.4. The highest BCUT2D eigenvalue weighted by Gasteiger charge is 2.30. The Balaban J connectivity index is 2.11. The number of hydrogen-bond acceptors (Lipinski definition) is 3. The van der Waals surface area contributed by atoms with Crippen LogP contribution in [-0.2, 0) is 4.79 Å². The minimum Gasteiger partial charge on any atom is -0.273 e. The zero-order valence-electron chi connectivity index (χ0n) is 7.74. The van der Waals surface area contributed by atoms with Gasteiger partial charge in [-0.25, -0.2) is 4.68 Å². The van der Waals surface area contributed by atoms with E-state index in [0.717, 1.165) is 12.8 Å². The summed E-state index contributed by atoms with van der Waals surface area (Å²) in [5.74, 6) is 1.71. The maximum Gasteiger partial charge on any atom is 0.242 e. The van der Waals surface area contributed by atoms with E-state index in [4.69, 9.17) is 0 Å². The van der Waals surface area contributed by atoms with Crippen molar-refractivity contribution in [2.75, 3.05) is 5.43 Å². The molecule has 70 valence electrons. The molecule has 1 aromatic heterocycles. The molecular formula is C8H12N4O. The fourth-order valence-corrected chi connectivity index (χ4v) is 1.18. The van der Waals surface area contributed by atoms with E-state index in [1.807, 2.05) is 13.8 Å². The van der Waals surface area contributed by atoms with E-state index in [-0.39, 0.29) is 11.8 Å². The molecule has 1 amide bonds. The Hall–Kier alpha value is -1.39. The van der Waals surface area contributed by atoms with E-state index in [1.165, 1.54) is 0 Å². The number of amides is 1. The average molecular weight is 180 g/mol. The van der Waals surface area contributed by atoms with Gasteiger partial charge in [-0.1, -0.05) is 0 Å². The molecule has 1 aromatic rings. The van der Waals surface area contributed by atoms with Gasteiger partial charge in [0.1, 0.15) is 11.6 Å². The van der Waals surface area contributed by atoms with Gasteiger partial charge in [-0.05, 0) is 26.7 Å². The van der Waals surface area contributed by atoms with Gasteiger partial charge in [-0.15, -0.1) is 10.2 Å². The van der Waals surface area contributed by atoms with E-state index in [2.05, 4.69) is 15.6 Å². The Morgan fingerprint density at radius 1 is 1.38 bits per heavy atom. The Morgan fingerprint density at radius 2 is 1.92 bits per heavy atom. The van der Waals surface area contributed by atoms with Crippen molar-refractivity contribution >= 4 is 5.91 Å². The highest BCUT2D eigenvalue weighted by atomic mass is 16.2. The third kappa shape index (κ3) is 1.54. The van der Waals surface area contributed by atoms with Crippen molar-refractivity contribution in [1.82, 2.24) is 14.9 Å². The van der Waals surface area contributed by atoms with E-state index < -0.39 is 0 Å². The Kier molecular flexibility index (Phi) is 1.79. The molecule has 0 saturated heterocycles. The third-order valence-corrected chi connectivity index (χ3v) is 2.16. The van der Waals surface area contributed by atoms with Gasteiger partial charge in [0.15, 0.2) is 0 Å². The summed E-state index contributed by atoms with van der Waals surface area (Å²) >= 11 is 0. The molecule has 0 radical (unpaired) electrons. The lowest BCUT2D eigenvalue weighted by Gasteiger charge is -2.06. The van der Waals surface area contributed by atoms with Crippen LogP contribution in [0.3, 0.4) is 0 Å². The molecule has 1 heterocycles. The molecule has 5 nitrogen and oxygen atoms in total. The number of hydrogen-bond donors (Lipinski definition) is 1. The Labute approximate surface area is 76.1 Å². The zero-order valence-corrected chi connectivity index (χ0v) is 7.74. The molecule has 5 heteroatoms. The van der Waals surface area contributed by atoms with Crippen LogP contribution in [0.2, 0.25) is 0 Å². The number of nitrogens with one attached hydrogen (secondary N) is 1. The van der Waals surface area contributed by atoms with E-state index in [0.29, 0.717) is 11.6 Å². The molecule has 0 spiro atoms. The van der Waals surface area contributed by atoms with Gasteiger partial charge in [0.25, 0.3) is 0 Å². The first kappa shape index (κ1) is 8.22. The molecule has 0 atom stereocenters. The molecule has 2 rings (SSSR count). The first-order valence-corrected chi connectivity index (χ1v) is 4.38. The Morgan fingerprint density at radius 3 is 2.38 bits per heavy atom. The van der Waals surface area contributed by atoms with Crippen molar-refractivity contribution in [2.45, 2.75) is 26.7 Å². The van der Waals surface area contributed by atoms with Crippen molar-refractivity contribution in [2.24, 2.45) is 5.92 Å². The molecular weight excluding hydrogens is 168 g/mol. The molecule has 1 aliphatic carbocycles. The number of carbonyl (C=O) groups excluding carboxylic acids is 1. The maximum atomic E-state index is 11.4. The lowest BCUT2D eigenvalue weighted by Crippen LogP contribution is -2.26. The highest BCUT2D eigenvalue weighted by Crippen LogP contribution is 2.29. The van der Waals surface area contributed by atoms with Gasteiger partial charge in [0, 0.05) is 5.92 Å². The van der Waals surface area contributed by atoms with Crippen molar-refractivity contribution in [3.05, 3.63) is 11.6 Å². The van der Waals surface area contributed by atoms with Crippen molar-refractivity contribution in [1.29, 1.82) is 0 Å². The van der Waals surface area contributed by atoms with Crippen LogP contribution in [0.4, 0.5) is 0 Å². The van der Waals surface area contributed by atoms with Crippen molar-refractivity contribution in [3.63, 3.8) is 0 Å². The molecule has 1 saturated carbocycles. The number of aromatic nitrogens is 3. The quantitative estimate of drug-likeness (QED) is 0.715. The summed E-state index contributed by atoms with van der Waals surface area (Å²) in [7, 11) is 0. The summed E-state index contributed by atoms with van der Waals surface area (Å²) in [6.45, 7) is 3.63. The first-order chi connectivity index (χ1) is 6.18. The fourth-order valence-electron chi connectivity index (χ4n) is 1.18. The number of nitrogens with zero attached hydrogens (tertiary/aromatic N) is 3. The summed E-state index contributed by atoms with van der Waals surface area (Å²) < 4.78 is 1.63. The topological polar surface area (TPSA) is 59.8 Å². The van der Waals surface area contributed by atoms with E-state index in [1.54, 1.807) is 4.68 Å². The van der Waals surface area contributed by atoms with Gasteiger partial charge >= 0.3 is 0 Å². The smallest absolute Gasteiger partial charge is 0.242 e. The van der Waals surface area contributed by atoms with Gasteiger partial charge < -0.3 is 0 Å². The van der Waals surface area contributed by atoms with Crippen LogP contribution >= 0.6 is 0 Å². The Bertz CT molecular complexity index is 320. The summed E-state index contributed by atoms with van der Waals surface area (Å²) in [4.78, 5) is 11.4. The molecule has 1 N–H and O–H groups in total. The third-order valence-electron chi connectivity index (χ3n) is 2.16. The SMILES string of the molecule is Cc1nnc(C)n1NC(=O)C1CC1. The second kappa shape index (κ2) is 2.83. The predicted molar refractivity (Wildman–Crippen MR) is 46.6 cm³/mol. The van der Waals surface area contributed by atoms with Crippen LogP contribution in [0.1, 0.15) is 24.5 Å². The minimum absolute atomic E-state index is 0.0750. The summed E-state index contributed by atoms with van der Waals surface area (Å²) in [5.41, 5.74) is 2.77. The molecule has 13 heavy (non-hydrogen) atoms. The summed E-state index contributed by atoms with van der Waals surface area (Å²) in [6, 6.07) is 0. The van der Waals surface area contributed by atoms with Crippen LogP contribution in [0.5, 0.6) is 0 Å². The molecule has 0 bridgehead atoms. The second-order valence-corrected chi connectivity index (χ2v) is 3.38. The fraction of sp³-hybridized carbons (Fsp3) is 0.625. The van der Waals surface area contributed by atoms with Crippen LogP contribution in [0.25, 0.3) is 0 Å². The van der Waals surface area contributed by atoms with Crippen LogP contribution in [0, 0.1) is 19.8 Å². The predicted octanol–water partition coefficient (Wildman–Crippen LogP) is 0.375. The summed E-state index contributed by atoms with van der Waals surface area (Å²) in [5, 5.41) is 7.69. The van der Waals surface area contributed by atoms with Crippen molar-refractivity contribution in [3.8, 4) is 0 Å². The van der Waals surface area contributed by atoms with Crippen LogP contribution in [-0.4, -0.2) is 20.8 Å². The largest absolute Gasteiger partial charge is 0.273 e. The molecule has 0 aliphatic heterocycles. The first-order valence-electron chi connectivity index (χ1n) is 4.38. The highest BCUT2D eigenvalue weighted by molar-refractivity contribution is 5.87. The standard InChI is InChI=1S/C8H12N4O/c1-5-9-10-6(2)12(5)11-8(13)7-3-4-7/h7H,3-4H2,1-2H3,(H,11,13). The molecule has 1 aliphatic rings. The van der Waals surface area contributed by atoms with Gasteiger partial charge in [0.2, 0.25) is 5.91 Å². The number of carbonyl (C=O) groups is 1. The summed E-state index contributed by atoms with van der Waals surface area (Å²) in [6.07, 6.45) is 2.01. The zero-order chi connectivity index (χ0) is 9.42. The van der Waals surface area contributed by atoms with E-state index in [9.17, 15) is 4.79 Å². The molecule has 0 unspecified atom stereocenters. The molecule has 0 aromatic carbocycles. The molecule has 1 fully saturated rings. The number of aryl methyl sites for hydroxylation is 2.